The predicted molar refractivity (Wildman–Crippen MR) is 82.3 cm³/mol. The first-order valence-corrected chi connectivity index (χ1v) is 7.47. The molecule has 1 N–H and O–H groups in total. The van der Waals surface area contributed by atoms with Gasteiger partial charge in [0.2, 0.25) is 0 Å². The zero-order valence-electron chi connectivity index (χ0n) is 13.8. The van der Waals surface area contributed by atoms with E-state index in [0.717, 1.165) is 25.9 Å². The summed E-state index contributed by atoms with van der Waals surface area (Å²) in [5, 5.41) is 8.28. The van der Waals surface area contributed by atoms with Gasteiger partial charge in [-0.2, -0.15) is 5.10 Å². The summed E-state index contributed by atoms with van der Waals surface area (Å²) in [7, 11) is 0. The lowest BCUT2D eigenvalue weighted by molar-refractivity contribution is 0.239. The lowest BCUT2D eigenvalue weighted by Gasteiger charge is -2.33. The van der Waals surface area contributed by atoms with Gasteiger partial charge in [0.25, 0.3) is 0 Å². The Hall–Kier alpha value is -0.830. The Morgan fingerprint density at radius 1 is 1.16 bits per heavy atom. The molecule has 1 aromatic heterocycles. The number of nitrogens with zero attached hydrogens (tertiary/aromatic N) is 2. The maximum absolute atomic E-state index is 4.60. The van der Waals surface area contributed by atoms with Crippen molar-refractivity contribution in [3.05, 3.63) is 17.5 Å². The molecule has 0 aliphatic heterocycles. The van der Waals surface area contributed by atoms with E-state index >= 15 is 0 Å². The van der Waals surface area contributed by atoms with Gasteiger partial charge in [0.15, 0.2) is 0 Å². The third-order valence-corrected chi connectivity index (χ3v) is 3.30. The van der Waals surface area contributed by atoms with Crippen LogP contribution in [0.5, 0.6) is 0 Å². The van der Waals surface area contributed by atoms with Gasteiger partial charge in [-0.3, -0.25) is 4.68 Å². The molecule has 0 aromatic carbocycles. The Labute approximate surface area is 118 Å². The molecule has 1 heterocycles. The SMILES string of the molecule is CCc1cc(CNC(C)(C)CC(C)(C)C)n(CC)n1. The minimum Gasteiger partial charge on any atom is -0.306 e. The Morgan fingerprint density at radius 2 is 1.79 bits per heavy atom. The molecule has 0 fully saturated rings. The van der Waals surface area contributed by atoms with E-state index in [1.54, 1.807) is 0 Å². The Bertz CT molecular complexity index is 397. The van der Waals surface area contributed by atoms with E-state index < -0.39 is 0 Å². The van der Waals surface area contributed by atoms with Crippen molar-refractivity contribution in [2.75, 3.05) is 0 Å². The molecule has 1 rings (SSSR count). The van der Waals surface area contributed by atoms with Gasteiger partial charge in [-0.05, 0) is 45.1 Å². The molecule has 0 atom stereocenters. The van der Waals surface area contributed by atoms with Crippen molar-refractivity contribution in [1.29, 1.82) is 0 Å². The molecule has 19 heavy (non-hydrogen) atoms. The molecule has 0 spiro atoms. The van der Waals surface area contributed by atoms with Crippen molar-refractivity contribution in [3.63, 3.8) is 0 Å². The molecule has 3 heteroatoms. The van der Waals surface area contributed by atoms with Crippen LogP contribution in [0.4, 0.5) is 0 Å². The molecule has 0 unspecified atom stereocenters. The van der Waals surface area contributed by atoms with E-state index in [2.05, 4.69) is 69.6 Å². The second-order valence-electron chi connectivity index (χ2n) is 7.27. The number of hydrogen-bond acceptors (Lipinski definition) is 2. The summed E-state index contributed by atoms with van der Waals surface area (Å²) in [6, 6.07) is 2.23. The van der Waals surface area contributed by atoms with Crippen molar-refractivity contribution in [2.45, 2.75) is 79.9 Å². The van der Waals surface area contributed by atoms with Crippen molar-refractivity contribution in [2.24, 2.45) is 5.41 Å². The van der Waals surface area contributed by atoms with E-state index in [1.807, 2.05) is 0 Å². The smallest absolute Gasteiger partial charge is 0.0625 e. The highest BCUT2D eigenvalue weighted by Crippen LogP contribution is 2.27. The zero-order chi connectivity index (χ0) is 14.7. The average Bonchev–Trinajstić information content (AvgIpc) is 2.65. The van der Waals surface area contributed by atoms with Crippen LogP contribution in [-0.4, -0.2) is 15.3 Å². The van der Waals surface area contributed by atoms with Crippen molar-refractivity contribution in [1.82, 2.24) is 15.1 Å². The van der Waals surface area contributed by atoms with Crippen LogP contribution in [-0.2, 0) is 19.5 Å². The van der Waals surface area contributed by atoms with Crippen molar-refractivity contribution < 1.29 is 0 Å². The third-order valence-electron chi connectivity index (χ3n) is 3.30. The summed E-state index contributed by atoms with van der Waals surface area (Å²) in [6.07, 6.45) is 2.16. The quantitative estimate of drug-likeness (QED) is 0.848. The molecule has 0 aliphatic carbocycles. The number of aromatic nitrogens is 2. The average molecular weight is 265 g/mol. The summed E-state index contributed by atoms with van der Waals surface area (Å²) >= 11 is 0. The number of rotatable bonds is 6. The summed E-state index contributed by atoms with van der Waals surface area (Å²) in [4.78, 5) is 0. The largest absolute Gasteiger partial charge is 0.306 e. The summed E-state index contributed by atoms with van der Waals surface area (Å²) in [5.74, 6) is 0. The topological polar surface area (TPSA) is 29.9 Å². The molecule has 0 radical (unpaired) electrons. The van der Waals surface area contributed by atoms with Crippen molar-refractivity contribution in [3.8, 4) is 0 Å². The minimum atomic E-state index is 0.146. The number of nitrogens with one attached hydrogen (secondary N) is 1. The van der Waals surface area contributed by atoms with Crippen LogP contribution in [0.15, 0.2) is 6.07 Å². The number of aryl methyl sites for hydroxylation is 2. The summed E-state index contributed by atoms with van der Waals surface area (Å²) in [6.45, 7) is 17.6. The maximum atomic E-state index is 4.60. The molecule has 0 amide bonds. The van der Waals surface area contributed by atoms with Crippen molar-refractivity contribution >= 4 is 0 Å². The van der Waals surface area contributed by atoms with Crippen LogP contribution in [0.3, 0.4) is 0 Å². The summed E-state index contributed by atoms with van der Waals surface area (Å²) in [5.41, 5.74) is 2.97. The van der Waals surface area contributed by atoms with E-state index in [-0.39, 0.29) is 5.54 Å². The van der Waals surface area contributed by atoms with Crippen LogP contribution in [0.2, 0.25) is 0 Å². The highest BCUT2D eigenvalue weighted by atomic mass is 15.3. The molecule has 1 aromatic rings. The molecule has 0 bridgehead atoms. The summed E-state index contributed by atoms with van der Waals surface area (Å²) < 4.78 is 2.11. The van der Waals surface area contributed by atoms with Gasteiger partial charge in [0.1, 0.15) is 0 Å². The highest BCUT2D eigenvalue weighted by molar-refractivity contribution is 5.10. The molecule has 3 nitrogen and oxygen atoms in total. The second kappa shape index (κ2) is 6.08. The van der Waals surface area contributed by atoms with Gasteiger partial charge in [0.05, 0.1) is 11.4 Å². The van der Waals surface area contributed by atoms with E-state index in [9.17, 15) is 0 Å². The van der Waals surface area contributed by atoms with Gasteiger partial charge >= 0.3 is 0 Å². The first-order valence-electron chi connectivity index (χ1n) is 7.47. The van der Waals surface area contributed by atoms with E-state index in [1.165, 1.54) is 11.4 Å². The normalized spacial score (nSPS) is 13.0. The van der Waals surface area contributed by atoms with Gasteiger partial charge in [-0.15, -0.1) is 0 Å². The lowest BCUT2D eigenvalue weighted by Crippen LogP contribution is -2.42. The minimum absolute atomic E-state index is 0.146. The van der Waals surface area contributed by atoms with Crippen LogP contribution in [0.25, 0.3) is 0 Å². The molecule has 0 aliphatic rings. The van der Waals surface area contributed by atoms with Gasteiger partial charge in [0, 0.05) is 18.6 Å². The zero-order valence-corrected chi connectivity index (χ0v) is 13.8. The lowest BCUT2D eigenvalue weighted by atomic mass is 9.82. The number of hydrogen-bond donors (Lipinski definition) is 1. The maximum Gasteiger partial charge on any atom is 0.0625 e. The standard InChI is InChI=1S/C16H31N3/c1-8-13-10-14(19(9-2)18-13)11-17-16(6,7)12-15(3,4)5/h10,17H,8-9,11-12H2,1-7H3. The van der Waals surface area contributed by atoms with Gasteiger partial charge < -0.3 is 5.32 Å². The fourth-order valence-electron chi connectivity index (χ4n) is 2.82. The Balaban J connectivity index is 2.68. The molecule has 0 saturated carbocycles. The van der Waals surface area contributed by atoms with Crippen LogP contribution < -0.4 is 5.32 Å². The predicted octanol–water partition coefficient (Wildman–Crippen LogP) is 3.77. The molecular formula is C16H31N3. The third kappa shape index (κ3) is 5.35. The monoisotopic (exact) mass is 265 g/mol. The molecular weight excluding hydrogens is 234 g/mol. The first-order chi connectivity index (χ1) is 8.67. The van der Waals surface area contributed by atoms with E-state index in [0.29, 0.717) is 5.41 Å². The molecule has 110 valence electrons. The van der Waals surface area contributed by atoms with E-state index in [4.69, 9.17) is 0 Å². The second-order valence-corrected chi connectivity index (χ2v) is 7.27. The van der Waals surface area contributed by atoms with Crippen LogP contribution in [0, 0.1) is 5.41 Å². The Kier molecular flexibility index (Phi) is 5.19. The van der Waals surface area contributed by atoms with Gasteiger partial charge in [-0.25, -0.2) is 0 Å². The van der Waals surface area contributed by atoms with Crippen LogP contribution >= 0.6 is 0 Å². The van der Waals surface area contributed by atoms with Crippen LogP contribution in [0.1, 0.15) is 66.3 Å². The first kappa shape index (κ1) is 16.2. The fraction of sp³-hybridized carbons (Fsp3) is 0.812. The molecule has 0 saturated heterocycles. The van der Waals surface area contributed by atoms with Gasteiger partial charge in [-0.1, -0.05) is 27.7 Å². The fourth-order valence-corrected chi connectivity index (χ4v) is 2.82. The Morgan fingerprint density at radius 3 is 2.26 bits per heavy atom. The highest BCUT2D eigenvalue weighted by Gasteiger charge is 2.25.